The number of nitrogens with zero attached hydrogens (tertiary/aromatic N) is 2. The van der Waals surface area contributed by atoms with Gasteiger partial charge in [-0.15, -0.1) is 0 Å². The summed E-state index contributed by atoms with van der Waals surface area (Å²) in [6, 6.07) is 7.66. The highest BCUT2D eigenvalue weighted by atomic mass is 32.1. The van der Waals surface area contributed by atoms with Crippen molar-refractivity contribution in [2.75, 3.05) is 13.1 Å². The summed E-state index contributed by atoms with van der Waals surface area (Å²) in [7, 11) is 0. The Morgan fingerprint density at radius 1 is 1.20 bits per heavy atom. The number of hydrogen-bond donors (Lipinski definition) is 0. The van der Waals surface area contributed by atoms with Crippen molar-refractivity contribution in [3.63, 3.8) is 0 Å². The zero-order valence-electron chi connectivity index (χ0n) is 11.4. The second kappa shape index (κ2) is 5.79. The maximum absolute atomic E-state index is 12.1. The van der Waals surface area contributed by atoms with Crippen LogP contribution in [-0.4, -0.2) is 27.9 Å². The second-order valence-corrected chi connectivity index (χ2v) is 6.25. The molecule has 1 amide bonds. The van der Waals surface area contributed by atoms with Gasteiger partial charge < -0.3 is 4.90 Å². The van der Waals surface area contributed by atoms with Gasteiger partial charge in [-0.05, 0) is 31.4 Å². The minimum absolute atomic E-state index is 0.0687. The highest BCUT2D eigenvalue weighted by Crippen LogP contribution is 2.16. The molecule has 4 nitrogen and oxygen atoms in total. The van der Waals surface area contributed by atoms with Crippen LogP contribution in [0.1, 0.15) is 25.7 Å². The van der Waals surface area contributed by atoms with Crippen LogP contribution in [0.2, 0.25) is 0 Å². The van der Waals surface area contributed by atoms with Gasteiger partial charge in [0.2, 0.25) is 5.91 Å². The average Bonchev–Trinajstić information content (AvgIpc) is 3.09. The molecule has 1 fully saturated rings. The van der Waals surface area contributed by atoms with E-state index in [2.05, 4.69) is 0 Å². The predicted molar refractivity (Wildman–Crippen MR) is 81.1 cm³/mol. The van der Waals surface area contributed by atoms with Gasteiger partial charge in [-0.25, -0.2) is 0 Å². The summed E-state index contributed by atoms with van der Waals surface area (Å²) in [5.74, 6) is 0.233. The SMILES string of the molecule is O=C(CCCn1sc2ccccc2c1=O)N1CCCC1. The number of hydrogen-bond acceptors (Lipinski definition) is 3. The van der Waals surface area contributed by atoms with Crippen LogP contribution in [-0.2, 0) is 11.3 Å². The van der Waals surface area contributed by atoms with Gasteiger partial charge >= 0.3 is 0 Å². The molecule has 0 spiro atoms. The molecule has 0 bridgehead atoms. The molecular formula is C15H18N2O2S. The molecule has 106 valence electrons. The van der Waals surface area contributed by atoms with Crippen molar-refractivity contribution in [3.8, 4) is 0 Å². The quantitative estimate of drug-likeness (QED) is 0.868. The van der Waals surface area contributed by atoms with E-state index >= 15 is 0 Å². The van der Waals surface area contributed by atoms with Crippen LogP contribution >= 0.6 is 11.5 Å². The largest absolute Gasteiger partial charge is 0.343 e. The van der Waals surface area contributed by atoms with Gasteiger partial charge in [0.05, 0.1) is 10.1 Å². The molecule has 0 unspecified atom stereocenters. The molecule has 5 heteroatoms. The van der Waals surface area contributed by atoms with Gasteiger partial charge in [-0.2, -0.15) is 0 Å². The van der Waals surface area contributed by atoms with Crippen molar-refractivity contribution in [2.24, 2.45) is 0 Å². The summed E-state index contributed by atoms with van der Waals surface area (Å²) in [5.41, 5.74) is 0.0687. The molecular weight excluding hydrogens is 272 g/mol. The standard InChI is InChI=1S/C15H18N2O2S/c18-14(16-9-3-4-10-16)8-5-11-17-15(19)12-6-1-2-7-13(12)20-17/h1-2,6-7H,3-5,8-11H2. The molecule has 20 heavy (non-hydrogen) atoms. The molecule has 0 saturated carbocycles. The van der Waals surface area contributed by atoms with Crippen LogP contribution in [0.5, 0.6) is 0 Å². The highest BCUT2D eigenvalue weighted by Gasteiger charge is 2.17. The van der Waals surface area contributed by atoms with E-state index in [0.717, 1.165) is 42.4 Å². The van der Waals surface area contributed by atoms with E-state index in [1.165, 1.54) is 11.5 Å². The number of aromatic nitrogens is 1. The van der Waals surface area contributed by atoms with E-state index in [4.69, 9.17) is 0 Å². The third-order valence-electron chi connectivity index (χ3n) is 3.76. The van der Waals surface area contributed by atoms with Crippen molar-refractivity contribution in [1.29, 1.82) is 0 Å². The lowest BCUT2D eigenvalue weighted by molar-refractivity contribution is -0.130. The summed E-state index contributed by atoms with van der Waals surface area (Å²) < 4.78 is 2.78. The van der Waals surface area contributed by atoms with E-state index in [1.54, 1.807) is 3.96 Å². The third kappa shape index (κ3) is 2.63. The van der Waals surface area contributed by atoms with Gasteiger partial charge in [0.15, 0.2) is 0 Å². The van der Waals surface area contributed by atoms with E-state index in [0.29, 0.717) is 13.0 Å². The number of carbonyl (C=O) groups is 1. The molecule has 3 rings (SSSR count). The Bertz CT molecular complexity index is 668. The van der Waals surface area contributed by atoms with Gasteiger partial charge in [-0.3, -0.25) is 13.5 Å². The van der Waals surface area contributed by atoms with Crippen molar-refractivity contribution in [2.45, 2.75) is 32.2 Å². The first-order chi connectivity index (χ1) is 9.75. The molecule has 1 aliphatic rings. The number of aryl methyl sites for hydroxylation is 1. The highest BCUT2D eigenvalue weighted by molar-refractivity contribution is 7.13. The number of benzene rings is 1. The van der Waals surface area contributed by atoms with E-state index < -0.39 is 0 Å². The predicted octanol–water partition coefficient (Wildman–Crippen LogP) is 2.47. The fraction of sp³-hybridized carbons (Fsp3) is 0.467. The maximum Gasteiger partial charge on any atom is 0.268 e. The van der Waals surface area contributed by atoms with Crippen molar-refractivity contribution in [1.82, 2.24) is 8.86 Å². The van der Waals surface area contributed by atoms with Gasteiger partial charge in [0, 0.05) is 26.1 Å². The van der Waals surface area contributed by atoms with E-state index in [9.17, 15) is 9.59 Å². The smallest absolute Gasteiger partial charge is 0.268 e. The number of likely N-dealkylation sites (tertiary alicyclic amines) is 1. The number of fused-ring (bicyclic) bond motifs is 1. The zero-order chi connectivity index (χ0) is 13.9. The number of carbonyl (C=O) groups excluding carboxylic acids is 1. The maximum atomic E-state index is 12.1. The van der Waals surface area contributed by atoms with Gasteiger partial charge in [0.1, 0.15) is 0 Å². The minimum Gasteiger partial charge on any atom is -0.343 e. The lowest BCUT2D eigenvalue weighted by Crippen LogP contribution is -2.27. The zero-order valence-corrected chi connectivity index (χ0v) is 12.2. The first-order valence-electron chi connectivity index (χ1n) is 7.12. The topological polar surface area (TPSA) is 42.3 Å². The van der Waals surface area contributed by atoms with Crippen LogP contribution in [0, 0.1) is 0 Å². The van der Waals surface area contributed by atoms with Crippen LogP contribution < -0.4 is 5.56 Å². The van der Waals surface area contributed by atoms with Gasteiger partial charge in [-0.1, -0.05) is 23.7 Å². The summed E-state index contributed by atoms with van der Waals surface area (Å²) in [5, 5.41) is 0.781. The first-order valence-corrected chi connectivity index (χ1v) is 7.90. The summed E-state index contributed by atoms with van der Waals surface area (Å²) in [6.45, 7) is 2.45. The molecule has 1 aromatic carbocycles. The molecule has 1 saturated heterocycles. The lowest BCUT2D eigenvalue weighted by Gasteiger charge is -2.14. The molecule has 1 aliphatic heterocycles. The number of rotatable bonds is 4. The lowest BCUT2D eigenvalue weighted by atomic mass is 10.2. The van der Waals surface area contributed by atoms with Crippen LogP contribution in [0.25, 0.3) is 10.1 Å². The Kier molecular flexibility index (Phi) is 3.87. The normalized spacial score (nSPS) is 15.1. The van der Waals surface area contributed by atoms with E-state index in [1.807, 2.05) is 29.2 Å². The summed E-state index contributed by atoms with van der Waals surface area (Å²) in [6.07, 6.45) is 3.53. The Labute approximate surface area is 121 Å². The molecule has 0 aliphatic carbocycles. The third-order valence-corrected chi connectivity index (χ3v) is 4.88. The van der Waals surface area contributed by atoms with Crippen molar-refractivity contribution in [3.05, 3.63) is 34.6 Å². The first kappa shape index (κ1) is 13.4. The molecule has 0 radical (unpaired) electrons. The van der Waals surface area contributed by atoms with Crippen molar-refractivity contribution >= 4 is 27.5 Å². The fourth-order valence-corrected chi connectivity index (χ4v) is 3.70. The van der Waals surface area contributed by atoms with Gasteiger partial charge in [0.25, 0.3) is 5.56 Å². The molecule has 0 atom stereocenters. The van der Waals surface area contributed by atoms with Crippen LogP contribution in [0.4, 0.5) is 0 Å². The molecule has 2 aromatic rings. The van der Waals surface area contributed by atoms with E-state index in [-0.39, 0.29) is 11.5 Å². The van der Waals surface area contributed by atoms with Crippen LogP contribution in [0.15, 0.2) is 29.1 Å². The fourth-order valence-electron chi connectivity index (χ4n) is 2.66. The summed E-state index contributed by atoms with van der Waals surface area (Å²) in [4.78, 5) is 26.0. The van der Waals surface area contributed by atoms with Crippen LogP contribution in [0.3, 0.4) is 0 Å². The monoisotopic (exact) mass is 290 g/mol. The Balaban J connectivity index is 1.61. The Hall–Kier alpha value is -1.62. The molecule has 1 aromatic heterocycles. The number of amides is 1. The average molecular weight is 290 g/mol. The Morgan fingerprint density at radius 3 is 2.70 bits per heavy atom. The Morgan fingerprint density at radius 2 is 1.95 bits per heavy atom. The minimum atomic E-state index is 0.0687. The molecule has 2 heterocycles. The second-order valence-electron chi connectivity index (χ2n) is 5.19. The molecule has 0 N–H and O–H groups in total. The summed E-state index contributed by atoms with van der Waals surface area (Å²) >= 11 is 1.49. The van der Waals surface area contributed by atoms with Crippen molar-refractivity contribution < 1.29 is 4.79 Å².